The highest BCUT2D eigenvalue weighted by atomic mass is 79.9. The van der Waals surface area contributed by atoms with E-state index in [9.17, 15) is 4.79 Å². The first-order chi connectivity index (χ1) is 9.10. The fraction of sp³-hybridized carbons (Fsp3) is 0.533. The zero-order valence-electron chi connectivity index (χ0n) is 11.2. The first-order valence-electron chi connectivity index (χ1n) is 6.78. The average Bonchev–Trinajstić information content (AvgIpc) is 2.39. The van der Waals surface area contributed by atoms with Crippen LogP contribution in [0.3, 0.4) is 0 Å². The van der Waals surface area contributed by atoms with Crippen LogP contribution in [-0.4, -0.2) is 23.7 Å². The Hall–Kier alpha value is -0.870. The van der Waals surface area contributed by atoms with Crippen LogP contribution in [0.15, 0.2) is 22.7 Å². The molecule has 3 nitrogen and oxygen atoms in total. The molecular formula is C15H20BrNO2. The van der Waals surface area contributed by atoms with Crippen LogP contribution in [0.5, 0.6) is 0 Å². The quantitative estimate of drug-likeness (QED) is 0.897. The summed E-state index contributed by atoms with van der Waals surface area (Å²) in [5.74, 6) is 0.431. The highest BCUT2D eigenvalue weighted by molar-refractivity contribution is 9.10. The number of amides is 1. The molecule has 2 rings (SSSR count). The Morgan fingerprint density at radius 2 is 2.05 bits per heavy atom. The molecule has 1 aromatic carbocycles. The van der Waals surface area contributed by atoms with Gasteiger partial charge in [-0.05, 0) is 62.3 Å². The molecule has 1 aromatic rings. The largest absolute Gasteiger partial charge is 0.396 e. The van der Waals surface area contributed by atoms with Crippen molar-refractivity contribution in [3.8, 4) is 0 Å². The molecule has 0 bridgehead atoms. The van der Waals surface area contributed by atoms with Crippen molar-refractivity contribution in [1.82, 2.24) is 5.32 Å². The summed E-state index contributed by atoms with van der Waals surface area (Å²) in [7, 11) is 0. The molecule has 2 N–H and O–H groups in total. The van der Waals surface area contributed by atoms with Crippen LogP contribution < -0.4 is 5.32 Å². The smallest absolute Gasteiger partial charge is 0.251 e. The predicted molar refractivity (Wildman–Crippen MR) is 79.2 cm³/mol. The average molecular weight is 326 g/mol. The van der Waals surface area contributed by atoms with E-state index in [-0.39, 0.29) is 18.6 Å². The minimum absolute atomic E-state index is 0.0115. The third kappa shape index (κ3) is 3.80. The molecular weight excluding hydrogens is 306 g/mol. The second-order valence-corrected chi connectivity index (χ2v) is 6.25. The van der Waals surface area contributed by atoms with Crippen LogP contribution >= 0.6 is 15.9 Å². The third-order valence-electron chi connectivity index (χ3n) is 3.87. The molecule has 0 aliphatic heterocycles. The maximum Gasteiger partial charge on any atom is 0.251 e. The molecule has 0 atom stereocenters. The molecule has 1 saturated carbocycles. The van der Waals surface area contributed by atoms with Gasteiger partial charge in [-0.25, -0.2) is 0 Å². The Labute approximate surface area is 122 Å². The van der Waals surface area contributed by atoms with Gasteiger partial charge in [0.15, 0.2) is 0 Å². The number of benzene rings is 1. The van der Waals surface area contributed by atoms with E-state index in [4.69, 9.17) is 5.11 Å². The molecule has 0 unspecified atom stereocenters. The van der Waals surface area contributed by atoms with Gasteiger partial charge < -0.3 is 10.4 Å². The van der Waals surface area contributed by atoms with Crippen molar-refractivity contribution >= 4 is 21.8 Å². The van der Waals surface area contributed by atoms with E-state index in [0.717, 1.165) is 41.3 Å². The number of rotatable bonds is 3. The van der Waals surface area contributed by atoms with Crippen LogP contribution in [-0.2, 0) is 0 Å². The van der Waals surface area contributed by atoms with Gasteiger partial charge in [-0.2, -0.15) is 0 Å². The molecule has 1 fully saturated rings. The van der Waals surface area contributed by atoms with Crippen molar-refractivity contribution in [1.29, 1.82) is 0 Å². The highest BCUT2D eigenvalue weighted by Crippen LogP contribution is 2.24. The molecule has 19 heavy (non-hydrogen) atoms. The van der Waals surface area contributed by atoms with Gasteiger partial charge in [0, 0.05) is 22.7 Å². The molecule has 4 heteroatoms. The third-order valence-corrected chi connectivity index (χ3v) is 4.37. The maximum absolute atomic E-state index is 12.2. The molecule has 1 aliphatic carbocycles. The Bertz CT molecular complexity index is 453. The first-order valence-corrected chi connectivity index (χ1v) is 7.57. The number of nitrogens with one attached hydrogen (secondary N) is 1. The van der Waals surface area contributed by atoms with E-state index in [1.165, 1.54) is 0 Å². The van der Waals surface area contributed by atoms with E-state index in [1.54, 1.807) is 0 Å². The Kier molecular flexibility index (Phi) is 4.99. The normalized spacial score (nSPS) is 23.1. The number of aliphatic hydroxyl groups excluding tert-OH is 1. The standard InChI is InChI=1S/C15H20BrNO2/c1-10-8-12(16)4-7-14(10)15(19)17-13-5-2-11(9-18)3-6-13/h4,7-8,11,13,18H,2-3,5-6,9H2,1H3,(H,17,19). The summed E-state index contributed by atoms with van der Waals surface area (Å²) in [5.41, 5.74) is 1.73. The van der Waals surface area contributed by atoms with Crippen LogP contribution in [0.1, 0.15) is 41.6 Å². The maximum atomic E-state index is 12.2. The van der Waals surface area contributed by atoms with Crippen molar-refractivity contribution in [2.75, 3.05) is 6.61 Å². The van der Waals surface area contributed by atoms with Crippen LogP contribution in [0, 0.1) is 12.8 Å². The highest BCUT2D eigenvalue weighted by Gasteiger charge is 2.22. The molecule has 0 radical (unpaired) electrons. The summed E-state index contributed by atoms with van der Waals surface area (Å²) >= 11 is 3.40. The number of aliphatic hydroxyl groups is 1. The lowest BCUT2D eigenvalue weighted by molar-refractivity contribution is 0.0913. The van der Waals surface area contributed by atoms with Crippen LogP contribution in [0.25, 0.3) is 0 Å². The van der Waals surface area contributed by atoms with Crippen LogP contribution in [0.4, 0.5) is 0 Å². The molecule has 0 saturated heterocycles. The van der Waals surface area contributed by atoms with E-state index in [0.29, 0.717) is 5.92 Å². The molecule has 104 valence electrons. The molecule has 0 heterocycles. The lowest BCUT2D eigenvalue weighted by Gasteiger charge is -2.28. The van der Waals surface area contributed by atoms with Gasteiger partial charge in [-0.3, -0.25) is 4.79 Å². The van der Waals surface area contributed by atoms with Gasteiger partial charge in [0.1, 0.15) is 0 Å². The Morgan fingerprint density at radius 3 is 2.63 bits per heavy atom. The van der Waals surface area contributed by atoms with Gasteiger partial charge in [0.2, 0.25) is 0 Å². The number of hydrogen-bond donors (Lipinski definition) is 2. The fourth-order valence-corrected chi connectivity index (χ4v) is 3.11. The number of aryl methyl sites for hydroxylation is 1. The summed E-state index contributed by atoms with van der Waals surface area (Å²) in [4.78, 5) is 12.2. The van der Waals surface area contributed by atoms with Gasteiger partial charge in [0.05, 0.1) is 0 Å². The summed E-state index contributed by atoms with van der Waals surface area (Å²) in [6.07, 6.45) is 3.93. The molecule has 0 spiro atoms. The lowest BCUT2D eigenvalue weighted by atomic mass is 9.86. The van der Waals surface area contributed by atoms with Crippen LogP contribution in [0.2, 0.25) is 0 Å². The van der Waals surface area contributed by atoms with Crippen molar-refractivity contribution in [2.24, 2.45) is 5.92 Å². The fourth-order valence-electron chi connectivity index (χ4n) is 2.63. The number of carbonyl (C=O) groups excluding carboxylic acids is 1. The van der Waals surface area contributed by atoms with Crippen molar-refractivity contribution < 1.29 is 9.90 Å². The second-order valence-electron chi connectivity index (χ2n) is 5.33. The van der Waals surface area contributed by atoms with Gasteiger partial charge in [-0.1, -0.05) is 15.9 Å². The zero-order chi connectivity index (χ0) is 13.8. The van der Waals surface area contributed by atoms with Gasteiger partial charge in [0.25, 0.3) is 5.91 Å². The Morgan fingerprint density at radius 1 is 1.37 bits per heavy atom. The summed E-state index contributed by atoms with van der Waals surface area (Å²) in [6.45, 7) is 2.22. The number of carbonyl (C=O) groups is 1. The summed E-state index contributed by atoms with van der Waals surface area (Å²) < 4.78 is 0.991. The topological polar surface area (TPSA) is 49.3 Å². The monoisotopic (exact) mass is 325 g/mol. The van der Waals surface area contributed by atoms with E-state index in [2.05, 4.69) is 21.2 Å². The minimum atomic E-state index is 0.0115. The van der Waals surface area contributed by atoms with E-state index >= 15 is 0 Å². The first kappa shape index (κ1) is 14.5. The second kappa shape index (κ2) is 6.53. The molecule has 1 aliphatic rings. The predicted octanol–water partition coefficient (Wildman–Crippen LogP) is 3.04. The summed E-state index contributed by atoms with van der Waals surface area (Å²) in [6, 6.07) is 5.95. The van der Waals surface area contributed by atoms with Crippen molar-refractivity contribution in [3.63, 3.8) is 0 Å². The van der Waals surface area contributed by atoms with E-state index in [1.807, 2.05) is 25.1 Å². The SMILES string of the molecule is Cc1cc(Br)ccc1C(=O)NC1CCC(CO)CC1. The molecule has 1 amide bonds. The van der Waals surface area contributed by atoms with Gasteiger partial charge >= 0.3 is 0 Å². The van der Waals surface area contributed by atoms with E-state index < -0.39 is 0 Å². The minimum Gasteiger partial charge on any atom is -0.396 e. The Balaban J connectivity index is 1.94. The van der Waals surface area contributed by atoms with Gasteiger partial charge in [-0.15, -0.1) is 0 Å². The number of halogens is 1. The lowest BCUT2D eigenvalue weighted by Crippen LogP contribution is -2.38. The van der Waals surface area contributed by atoms with Crippen molar-refractivity contribution in [2.45, 2.75) is 38.6 Å². The molecule has 0 aromatic heterocycles. The zero-order valence-corrected chi connectivity index (χ0v) is 12.7. The number of hydrogen-bond acceptors (Lipinski definition) is 2. The summed E-state index contributed by atoms with van der Waals surface area (Å²) in [5, 5.41) is 12.2. The van der Waals surface area contributed by atoms with Crippen molar-refractivity contribution in [3.05, 3.63) is 33.8 Å².